The molecule has 31 heavy (non-hydrogen) atoms. The predicted molar refractivity (Wildman–Crippen MR) is 123 cm³/mol. The zero-order chi connectivity index (χ0) is 22.1. The molecule has 0 bridgehead atoms. The van der Waals surface area contributed by atoms with Crippen molar-refractivity contribution >= 4 is 23.4 Å². The number of ether oxygens (including phenoxy) is 1. The van der Waals surface area contributed by atoms with E-state index in [9.17, 15) is 9.59 Å². The lowest BCUT2D eigenvalue weighted by molar-refractivity contribution is -0.141. The minimum atomic E-state index is -0.568. The van der Waals surface area contributed by atoms with E-state index in [4.69, 9.17) is 16.3 Å². The molecule has 5 nitrogen and oxygen atoms in total. The minimum Gasteiger partial charge on any atom is -0.484 e. The molecule has 0 spiro atoms. The van der Waals surface area contributed by atoms with Crippen LogP contribution in [-0.4, -0.2) is 41.9 Å². The van der Waals surface area contributed by atoms with Crippen molar-refractivity contribution in [2.24, 2.45) is 0 Å². The Hall–Kier alpha value is -2.53. The number of nitrogens with zero attached hydrogens (tertiary/aromatic N) is 1. The van der Waals surface area contributed by atoms with Gasteiger partial charge >= 0.3 is 0 Å². The lowest BCUT2D eigenvalue weighted by Gasteiger charge is -2.31. The molecule has 166 valence electrons. The van der Waals surface area contributed by atoms with Gasteiger partial charge < -0.3 is 15.0 Å². The molecular weight excluding hydrogens is 412 g/mol. The maximum Gasteiger partial charge on any atom is 0.261 e. The summed E-state index contributed by atoms with van der Waals surface area (Å²) in [6.07, 6.45) is 6.20. The van der Waals surface area contributed by atoms with Crippen LogP contribution in [0.4, 0.5) is 0 Å². The first-order valence-electron chi connectivity index (χ1n) is 11.0. The van der Waals surface area contributed by atoms with Crippen molar-refractivity contribution in [3.8, 4) is 5.75 Å². The van der Waals surface area contributed by atoms with Crippen molar-refractivity contribution in [3.05, 3.63) is 65.2 Å². The fraction of sp³-hybridized carbons (Fsp3) is 0.440. The van der Waals surface area contributed by atoms with Gasteiger partial charge in [-0.15, -0.1) is 0 Å². The Bertz CT molecular complexity index is 853. The highest BCUT2D eigenvalue weighted by Crippen LogP contribution is 2.19. The van der Waals surface area contributed by atoms with Gasteiger partial charge in [0.2, 0.25) is 5.91 Å². The van der Waals surface area contributed by atoms with Crippen LogP contribution in [0.15, 0.2) is 54.6 Å². The number of carbonyl (C=O) groups is 2. The molecule has 0 radical (unpaired) electrons. The predicted octanol–water partition coefficient (Wildman–Crippen LogP) is 4.63. The third-order valence-electron chi connectivity index (χ3n) is 5.76. The third-order valence-corrected chi connectivity index (χ3v) is 6.00. The Kier molecular flexibility index (Phi) is 8.77. The summed E-state index contributed by atoms with van der Waals surface area (Å²) in [5.41, 5.74) is 1.12. The number of hydrogen-bond donors (Lipinski definition) is 1. The van der Waals surface area contributed by atoms with Crippen molar-refractivity contribution in [1.29, 1.82) is 0 Å². The summed E-state index contributed by atoms with van der Waals surface area (Å²) in [5.74, 6) is 0.210. The topological polar surface area (TPSA) is 58.6 Å². The number of nitrogens with one attached hydrogen (secondary N) is 1. The first-order valence-corrected chi connectivity index (χ1v) is 11.4. The maximum atomic E-state index is 13.0. The van der Waals surface area contributed by atoms with Gasteiger partial charge in [0, 0.05) is 17.6 Å². The molecule has 1 fully saturated rings. The van der Waals surface area contributed by atoms with Crippen LogP contribution in [0.2, 0.25) is 5.02 Å². The SMILES string of the molecule is C[C@@H](C(=O)NC1CCCCC1)N(CCc1ccccc1)C(=O)COc1cccc(Cl)c1. The Morgan fingerprint density at radius 3 is 2.55 bits per heavy atom. The van der Waals surface area contributed by atoms with Crippen LogP contribution in [0.3, 0.4) is 0 Å². The molecule has 2 aromatic rings. The van der Waals surface area contributed by atoms with Gasteiger partial charge in [0.05, 0.1) is 0 Å². The average molecular weight is 443 g/mol. The van der Waals surface area contributed by atoms with Crippen molar-refractivity contribution in [1.82, 2.24) is 10.2 Å². The number of amides is 2. The molecular formula is C25H31ClN2O3. The summed E-state index contributed by atoms with van der Waals surface area (Å²) < 4.78 is 5.65. The van der Waals surface area contributed by atoms with Crippen molar-refractivity contribution in [3.63, 3.8) is 0 Å². The van der Waals surface area contributed by atoms with Crippen LogP contribution < -0.4 is 10.1 Å². The number of halogens is 1. The van der Waals surface area contributed by atoms with Gasteiger partial charge in [-0.05, 0) is 49.9 Å². The fourth-order valence-electron chi connectivity index (χ4n) is 3.92. The standard InChI is InChI=1S/C25H31ClN2O3/c1-19(25(30)27-22-12-6-3-7-13-22)28(16-15-20-9-4-2-5-10-20)24(29)18-31-23-14-8-11-21(26)17-23/h2,4-5,8-11,14,17,19,22H,3,6-7,12-13,15-16,18H2,1H3,(H,27,30)/t19-/m0/s1. The van der Waals surface area contributed by atoms with E-state index in [0.29, 0.717) is 23.7 Å². The number of benzene rings is 2. The number of rotatable bonds is 9. The third kappa shape index (κ3) is 7.28. The second kappa shape index (κ2) is 11.8. The van der Waals surface area contributed by atoms with Crippen molar-refractivity contribution in [2.45, 2.75) is 57.5 Å². The monoisotopic (exact) mass is 442 g/mol. The Morgan fingerprint density at radius 1 is 1.10 bits per heavy atom. The molecule has 1 aliphatic carbocycles. The summed E-state index contributed by atoms with van der Waals surface area (Å²) >= 11 is 6.00. The molecule has 0 saturated heterocycles. The fourth-order valence-corrected chi connectivity index (χ4v) is 4.10. The Morgan fingerprint density at radius 2 is 1.84 bits per heavy atom. The minimum absolute atomic E-state index is 0.101. The van der Waals surface area contributed by atoms with E-state index >= 15 is 0 Å². The first kappa shape index (κ1) is 23.1. The molecule has 1 atom stereocenters. The lowest BCUT2D eigenvalue weighted by atomic mass is 9.95. The van der Waals surface area contributed by atoms with Gasteiger partial charge in [-0.2, -0.15) is 0 Å². The number of carbonyl (C=O) groups excluding carboxylic acids is 2. The molecule has 1 N–H and O–H groups in total. The zero-order valence-corrected chi connectivity index (χ0v) is 18.8. The van der Waals surface area contributed by atoms with Crippen molar-refractivity contribution < 1.29 is 14.3 Å². The van der Waals surface area contributed by atoms with Crippen LogP contribution in [0.25, 0.3) is 0 Å². The molecule has 2 amide bonds. The van der Waals surface area contributed by atoms with Gasteiger partial charge in [0.1, 0.15) is 11.8 Å². The summed E-state index contributed by atoms with van der Waals surface area (Å²) in [7, 11) is 0. The molecule has 3 rings (SSSR count). The highest BCUT2D eigenvalue weighted by atomic mass is 35.5. The molecule has 0 aromatic heterocycles. The molecule has 2 aromatic carbocycles. The lowest BCUT2D eigenvalue weighted by Crippen LogP contribution is -2.52. The normalized spacial score (nSPS) is 15.2. The summed E-state index contributed by atoms with van der Waals surface area (Å²) in [6.45, 7) is 2.09. The molecule has 1 saturated carbocycles. The van der Waals surface area contributed by atoms with E-state index < -0.39 is 6.04 Å². The van der Waals surface area contributed by atoms with Crippen molar-refractivity contribution in [2.75, 3.05) is 13.2 Å². The highest BCUT2D eigenvalue weighted by molar-refractivity contribution is 6.30. The first-order chi connectivity index (χ1) is 15.0. The largest absolute Gasteiger partial charge is 0.484 e. The molecule has 0 heterocycles. The highest BCUT2D eigenvalue weighted by Gasteiger charge is 2.28. The number of hydrogen-bond acceptors (Lipinski definition) is 3. The van der Waals surface area contributed by atoms with E-state index in [1.165, 1.54) is 6.42 Å². The van der Waals surface area contributed by atoms with Crippen LogP contribution in [0.1, 0.15) is 44.6 Å². The maximum absolute atomic E-state index is 13.0. The quantitative estimate of drug-likeness (QED) is 0.616. The Balaban J connectivity index is 1.64. The van der Waals surface area contributed by atoms with Gasteiger partial charge in [-0.1, -0.05) is 67.3 Å². The summed E-state index contributed by atoms with van der Waals surface area (Å²) in [5, 5.41) is 3.69. The van der Waals surface area contributed by atoms with E-state index in [1.807, 2.05) is 30.3 Å². The van der Waals surface area contributed by atoms with Gasteiger partial charge in [-0.3, -0.25) is 9.59 Å². The smallest absolute Gasteiger partial charge is 0.261 e. The van der Waals surface area contributed by atoms with Gasteiger partial charge in [0.25, 0.3) is 5.91 Å². The van der Waals surface area contributed by atoms with E-state index in [2.05, 4.69) is 5.32 Å². The Labute approximate surface area is 189 Å². The van der Waals surface area contributed by atoms with Crippen LogP contribution in [-0.2, 0) is 16.0 Å². The summed E-state index contributed by atoms with van der Waals surface area (Å²) in [4.78, 5) is 27.6. The van der Waals surface area contributed by atoms with Crippen LogP contribution in [0.5, 0.6) is 5.75 Å². The van der Waals surface area contributed by atoms with Gasteiger partial charge in [-0.25, -0.2) is 0 Å². The molecule has 6 heteroatoms. The second-order valence-corrected chi connectivity index (χ2v) is 8.52. The zero-order valence-electron chi connectivity index (χ0n) is 18.1. The molecule has 1 aliphatic rings. The second-order valence-electron chi connectivity index (χ2n) is 8.09. The summed E-state index contributed by atoms with van der Waals surface area (Å²) in [6, 6.07) is 16.6. The molecule has 0 unspecified atom stereocenters. The van der Waals surface area contributed by atoms with Gasteiger partial charge in [0.15, 0.2) is 6.61 Å². The average Bonchev–Trinajstić information content (AvgIpc) is 2.79. The molecule has 0 aliphatic heterocycles. The van der Waals surface area contributed by atoms with E-state index in [1.54, 1.807) is 36.1 Å². The van der Waals surface area contributed by atoms with E-state index in [0.717, 1.165) is 31.2 Å². The van der Waals surface area contributed by atoms with Crippen LogP contribution >= 0.6 is 11.6 Å². The van der Waals surface area contributed by atoms with Crippen LogP contribution in [0, 0.1) is 0 Å². The van der Waals surface area contributed by atoms with E-state index in [-0.39, 0.29) is 24.5 Å².